The van der Waals surface area contributed by atoms with Crippen LogP contribution in [0.4, 0.5) is 5.69 Å². The van der Waals surface area contributed by atoms with Gasteiger partial charge >= 0.3 is 0 Å². The summed E-state index contributed by atoms with van der Waals surface area (Å²) in [6.07, 6.45) is 1.96. The molecule has 1 aliphatic heterocycles. The number of sulfonamides is 1. The summed E-state index contributed by atoms with van der Waals surface area (Å²) >= 11 is 0. The van der Waals surface area contributed by atoms with Crippen LogP contribution >= 0.6 is 0 Å². The number of amides is 1. The van der Waals surface area contributed by atoms with Gasteiger partial charge in [0, 0.05) is 37.3 Å². The van der Waals surface area contributed by atoms with E-state index in [0.717, 1.165) is 32.0 Å². The van der Waals surface area contributed by atoms with Crippen LogP contribution < -0.4 is 9.46 Å². The maximum Gasteiger partial charge on any atom is 0.271 e. The molecule has 2 aromatic rings. The molecule has 0 aromatic heterocycles. The van der Waals surface area contributed by atoms with Gasteiger partial charge < -0.3 is 9.64 Å². The highest BCUT2D eigenvalue weighted by atomic mass is 32.2. The van der Waals surface area contributed by atoms with Gasteiger partial charge in [-0.25, -0.2) is 13.1 Å². The zero-order chi connectivity index (χ0) is 21.0. The van der Waals surface area contributed by atoms with E-state index in [-0.39, 0.29) is 28.8 Å². The Balaban J connectivity index is 1.79. The molecule has 0 saturated carbocycles. The molecule has 2 aromatic carbocycles. The summed E-state index contributed by atoms with van der Waals surface area (Å²) in [6, 6.07) is 10.1. The van der Waals surface area contributed by atoms with Gasteiger partial charge in [0.1, 0.15) is 10.6 Å². The van der Waals surface area contributed by atoms with Crippen LogP contribution in [0.3, 0.4) is 0 Å². The van der Waals surface area contributed by atoms with Crippen molar-refractivity contribution in [3.8, 4) is 5.75 Å². The summed E-state index contributed by atoms with van der Waals surface area (Å²) in [7, 11) is -2.80. The van der Waals surface area contributed by atoms with E-state index in [1.54, 1.807) is 29.2 Å². The monoisotopic (exact) mass is 419 g/mol. The zero-order valence-corrected chi connectivity index (χ0v) is 16.6. The molecule has 1 amide bonds. The number of nitro groups is 1. The second kappa shape index (κ2) is 8.58. The van der Waals surface area contributed by atoms with Crippen LogP contribution in [0.5, 0.6) is 5.75 Å². The van der Waals surface area contributed by atoms with Crippen LogP contribution in [0.15, 0.2) is 47.4 Å². The Labute approximate surface area is 168 Å². The Bertz CT molecular complexity index is 1030. The number of nitrogens with one attached hydrogen (secondary N) is 1. The molecule has 29 heavy (non-hydrogen) atoms. The highest BCUT2D eigenvalue weighted by Gasteiger charge is 2.23. The summed E-state index contributed by atoms with van der Waals surface area (Å²) < 4.78 is 32.8. The zero-order valence-electron chi connectivity index (χ0n) is 15.8. The van der Waals surface area contributed by atoms with E-state index in [0.29, 0.717) is 11.1 Å². The number of hydrogen-bond acceptors (Lipinski definition) is 6. The van der Waals surface area contributed by atoms with Crippen molar-refractivity contribution in [2.24, 2.45) is 0 Å². The van der Waals surface area contributed by atoms with Crippen molar-refractivity contribution in [1.29, 1.82) is 0 Å². The quantitative estimate of drug-likeness (QED) is 0.543. The fraction of sp³-hybridized carbons (Fsp3) is 0.316. The summed E-state index contributed by atoms with van der Waals surface area (Å²) in [4.78, 5) is 24.3. The molecular formula is C19H21N3O6S. The molecule has 0 unspecified atom stereocenters. The van der Waals surface area contributed by atoms with Gasteiger partial charge in [-0.05, 0) is 36.6 Å². The molecule has 0 aliphatic carbocycles. The average Bonchev–Trinajstić information content (AvgIpc) is 3.26. The number of carbonyl (C=O) groups excluding carboxylic acids is 1. The Kier molecular flexibility index (Phi) is 6.14. The lowest BCUT2D eigenvalue weighted by Crippen LogP contribution is -2.28. The fourth-order valence-corrected chi connectivity index (χ4v) is 4.37. The Morgan fingerprint density at radius 3 is 2.59 bits per heavy atom. The van der Waals surface area contributed by atoms with Gasteiger partial charge in [-0.3, -0.25) is 14.9 Å². The van der Waals surface area contributed by atoms with Gasteiger partial charge in [-0.2, -0.15) is 0 Å². The van der Waals surface area contributed by atoms with Crippen LogP contribution in [0.1, 0.15) is 28.8 Å². The topological polar surface area (TPSA) is 119 Å². The first-order valence-corrected chi connectivity index (χ1v) is 10.5. The number of hydrogen-bond donors (Lipinski definition) is 1. The molecular weight excluding hydrogens is 398 g/mol. The molecule has 9 nitrogen and oxygen atoms in total. The van der Waals surface area contributed by atoms with Gasteiger partial charge in [0.25, 0.3) is 11.6 Å². The van der Waals surface area contributed by atoms with Crippen molar-refractivity contribution >= 4 is 21.6 Å². The van der Waals surface area contributed by atoms with Crippen molar-refractivity contribution in [2.75, 3.05) is 20.2 Å². The third-order valence-electron chi connectivity index (χ3n) is 4.68. The molecule has 1 N–H and O–H groups in total. The van der Waals surface area contributed by atoms with Crippen LogP contribution in [-0.2, 0) is 16.6 Å². The van der Waals surface area contributed by atoms with Crippen molar-refractivity contribution < 1.29 is 22.9 Å². The maximum absolute atomic E-state index is 12.7. The first-order chi connectivity index (χ1) is 13.8. The molecule has 10 heteroatoms. The van der Waals surface area contributed by atoms with Crippen LogP contribution in [-0.4, -0.2) is 44.3 Å². The lowest BCUT2D eigenvalue weighted by molar-refractivity contribution is -0.385. The smallest absolute Gasteiger partial charge is 0.271 e. The lowest BCUT2D eigenvalue weighted by atomic mass is 10.1. The maximum atomic E-state index is 12.7. The summed E-state index contributed by atoms with van der Waals surface area (Å²) in [5, 5.41) is 11.0. The van der Waals surface area contributed by atoms with Crippen molar-refractivity contribution in [3.63, 3.8) is 0 Å². The van der Waals surface area contributed by atoms with Gasteiger partial charge in [-0.15, -0.1) is 0 Å². The first kappa shape index (κ1) is 20.7. The highest BCUT2D eigenvalue weighted by Crippen LogP contribution is 2.28. The summed E-state index contributed by atoms with van der Waals surface area (Å²) in [6.45, 7) is 1.37. The van der Waals surface area contributed by atoms with E-state index in [1.165, 1.54) is 19.2 Å². The standard InChI is InChI=1S/C19H21N3O6S/c1-28-17-8-7-16(22(24)25)12-18(17)29(26,27)20-13-14-5-4-6-15(11-14)19(23)21-9-2-3-10-21/h4-8,11-12,20H,2-3,9-10,13H2,1H3. The minimum absolute atomic E-state index is 0.000983. The number of nitrogens with zero attached hydrogens (tertiary/aromatic N) is 2. The Morgan fingerprint density at radius 2 is 1.93 bits per heavy atom. The minimum atomic E-state index is -4.08. The molecule has 0 bridgehead atoms. The van der Waals surface area contributed by atoms with Gasteiger partial charge in [0.05, 0.1) is 12.0 Å². The van der Waals surface area contributed by atoms with E-state index in [2.05, 4.69) is 4.72 Å². The SMILES string of the molecule is COc1ccc([N+](=O)[O-])cc1S(=O)(=O)NCc1cccc(C(=O)N2CCCC2)c1. The van der Waals surface area contributed by atoms with Crippen LogP contribution in [0.2, 0.25) is 0 Å². The number of ether oxygens (including phenoxy) is 1. The second-order valence-corrected chi connectivity index (χ2v) is 8.35. The molecule has 1 heterocycles. The fourth-order valence-electron chi connectivity index (χ4n) is 3.16. The molecule has 0 atom stereocenters. The molecule has 3 rings (SSSR count). The molecule has 0 radical (unpaired) electrons. The summed E-state index contributed by atoms with van der Waals surface area (Å²) in [5.41, 5.74) is 0.740. The molecule has 1 aliphatic rings. The molecule has 154 valence electrons. The molecule has 1 fully saturated rings. The minimum Gasteiger partial charge on any atom is -0.495 e. The number of likely N-dealkylation sites (tertiary alicyclic amines) is 1. The van der Waals surface area contributed by atoms with Crippen molar-refractivity contribution in [1.82, 2.24) is 9.62 Å². The van der Waals surface area contributed by atoms with Gasteiger partial charge in [0.15, 0.2) is 0 Å². The van der Waals surface area contributed by atoms with Crippen LogP contribution in [0, 0.1) is 10.1 Å². The average molecular weight is 419 g/mol. The number of benzene rings is 2. The predicted octanol–water partition coefficient (Wildman–Crippen LogP) is 2.32. The third kappa shape index (κ3) is 4.72. The number of methoxy groups -OCH3 is 1. The van der Waals surface area contributed by atoms with E-state index in [4.69, 9.17) is 4.74 Å². The number of non-ortho nitro benzene ring substituents is 1. The lowest BCUT2D eigenvalue weighted by Gasteiger charge is -2.16. The normalized spacial score (nSPS) is 14.0. The third-order valence-corrected chi connectivity index (χ3v) is 6.10. The molecule has 0 spiro atoms. The Hall–Kier alpha value is -2.98. The van der Waals surface area contributed by atoms with Gasteiger partial charge in [0.2, 0.25) is 10.0 Å². The van der Waals surface area contributed by atoms with Crippen LogP contribution in [0.25, 0.3) is 0 Å². The van der Waals surface area contributed by atoms with E-state index in [1.807, 2.05) is 0 Å². The number of rotatable bonds is 7. The predicted molar refractivity (Wildman–Crippen MR) is 105 cm³/mol. The first-order valence-electron chi connectivity index (χ1n) is 9.02. The highest BCUT2D eigenvalue weighted by molar-refractivity contribution is 7.89. The number of nitro benzene ring substituents is 1. The van der Waals surface area contributed by atoms with E-state index in [9.17, 15) is 23.3 Å². The van der Waals surface area contributed by atoms with Crippen molar-refractivity contribution in [2.45, 2.75) is 24.3 Å². The largest absolute Gasteiger partial charge is 0.495 e. The second-order valence-electron chi connectivity index (χ2n) is 6.62. The molecule has 1 saturated heterocycles. The summed E-state index contributed by atoms with van der Waals surface area (Å²) in [5.74, 6) is -0.0753. The van der Waals surface area contributed by atoms with Gasteiger partial charge in [-0.1, -0.05) is 12.1 Å². The van der Waals surface area contributed by atoms with E-state index < -0.39 is 14.9 Å². The van der Waals surface area contributed by atoms with Crippen molar-refractivity contribution in [3.05, 3.63) is 63.7 Å². The Morgan fingerprint density at radius 1 is 1.21 bits per heavy atom. The number of carbonyl (C=O) groups is 1. The van der Waals surface area contributed by atoms with E-state index >= 15 is 0 Å².